The largest absolute Gasteiger partial charge is 0.463 e. The van der Waals surface area contributed by atoms with Gasteiger partial charge in [-0.2, -0.15) is 0 Å². The molecule has 2 rings (SSSR count). The van der Waals surface area contributed by atoms with Crippen LogP contribution in [0.25, 0.3) is 5.57 Å². The second kappa shape index (κ2) is 5.17. The van der Waals surface area contributed by atoms with Gasteiger partial charge in [0.2, 0.25) is 0 Å². The molecule has 0 bridgehead atoms. The predicted molar refractivity (Wildman–Crippen MR) is 69.0 cm³/mol. The SMILES string of the molecule is CCOC(=O)/C(C)=C1\C(=O)CCc2ccccc21. The number of hydrogen-bond donors (Lipinski definition) is 0. The van der Waals surface area contributed by atoms with Crippen molar-refractivity contribution < 1.29 is 14.3 Å². The molecular weight excluding hydrogens is 228 g/mol. The molecule has 0 fully saturated rings. The number of Topliss-reactive ketones (excluding diaryl/α,β-unsaturated/α-hetero) is 1. The summed E-state index contributed by atoms with van der Waals surface area (Å²) in [6.45, 7) is 3.74. The molecule has 1 aromatic rings. The maximum atomic E-state index is 12.0. The summed E-state index contributed by atoms with van der Waals surface area (Å²) in [5, 5.41) is 0. The molecule has 3 nitrogen and oxygen atoms in total. The second-order valence-electron chi connectivity index (χ2n) is 4.30. The highest BCUT2D eigenvalue weighted by atomic mass is 16.5. The summed E-state index contributed by atoms with van der Waals surface area (Å²) in [6.07, 6.45) is 1.21. The fourth-order valence-corrected chi connectivity index (χ4v) is 2.26. The van der Waals surface area contributed by atoms with Crippen LogP contribution < -0.4 is 0 Å². The van der Waals surface area contributed by atoms with Crippen molar-refractivity contribution >= 4 is 17.3 Å². The Morgan fingerprint density at radius 1 is 1.28 bits per heavy atom. The van der Waals surface area contributed by atoms with Gasteiger partial charge < -0.3 is 4.74 Å². The van der Waals surface area contributed by atoms with Crippen LogP contribution in [0, 0.1) is 0 Å². The zero-order valence-corrected chi connectivity index (χ0v) is 10.7. The third-order valence-corrected chi connectivity index (χ3v) is 3.14. The monoisotopic (exact) mass is 244 g/mol. The molecule has 1 aromatic carbocycles. The van der Waals surface area contributed by atoms with Gasteiger partial charge in [-0.3, -0.25) is 4.79 Å². The molecule has 94 valence electrons. The van der Waals surface area contributed by atoms with Crippen molar-refractivity contribution in [2.45, 2.75) is 26.7 Å². The van der Waals surface area contributed by atoms with Crippen LogP contribution in [0.1, 0.15) is 31.4 Å². The summed E-state index contributed by atoms with van der Waals surface area (Å²) in [4.78, 5) is 23.8. The standard InChI is InChI=1S/C15H16O3/c1-3-18-15(17)10(2)14-12-7-5-4-6-11(12)8-9-13(14)16/h4-7H,3,8-9H2,1-2H3/b14-10-. The zero-order valence-electron chi connectivity index (χ0n) is 10.7. The number of carbonyl (C=O) groups is 2. The topological polar surface area (TPSA) is 43.4 Å². The molecule has 1 aliphatic rings. The maximum absolute atomic E-state index is 12.0. The molecule has 0 aliphatic heterocycles. The van der Waals surface area contributed by atoms with Crippen molar-refractivity contribution in [3.8, 4) is 0 Å². The number of esters is 1. The fraction of sp³-hybridized carbons (Fsp3) is 0.333. The molecule has 0 saturated carbocycles. The highest BCUT2D eigenvalue weighted by molar-refractivity contribution is 6.27. The number of rotatable bonds is 2. The van der Waals surface area contributed by atoms with E-state index >= 15 is 0 Å². The molecule has 0 heterocycles. The lowest BCUT2D eigenvalue weighted by Crippen LogP contribution is -2.17. The highest BCUT2D eigenvalue weighted by Crippen LogP contribution is 2.30. The van der Waals surface area contributed by atoms with Gasteiger partial charge >= 0.3 is 5.97 Å². The Hall–Kier alpha value is -1.90. The molecule has 0 aromatic heterocycles. The highest BCUT2D eigenvalue weighted by Gasteiger charge is 2.25. The summed E-state index contributed by atoms with van der Waals surface area (Å²) in [7, 11) is 0. The smallest absolute Gasteiger partial charge is 0.334 e. The third kappa shape index (κ3) is 2.21. The number of carbonyl (C=O) groups excluding carboxylic acids is 2. The van der Waals surface area contributed by atoms with E-state index in [1.165, 1.54) is 0 Å². The van der Waals surface area contributed by atoms with Crippen molar-refractivity contribution in [3.05, 3.63) is 41.0 Å². The van der Waals surface area contributed by atoms with Crippen LogP contribution in [0.2, 0.25) is 0 Å². The number of aryl methyl sites for hydroxylation is 1. The van der Waals surface area contributed by atoms with Crippen LogP contribution in [-0.2, 0) is 20.7 Å². The van der Waals surface area contributed by atoms with Crippen LogP contribution in [0.15, 0.2) is 29.8 Å². The minimum Gasteiger partial charge on any atom is -0.463 e. The molecule has 3 heteroatoms. The summed E-state index contributed by atoms with van der Waals surface area (Å²) in [5.74, 6) is -0.378. The van der Waals surface area contributed by atoms with E-state index in [1.807, 2.05) is 24.3 Å². The van der Waals surface area contributed by atoms with E-state index in [0.717, 1.165) is 17.5 Å². The molecule has 0 radical (unpaired) electrons. The average Bonchev–Trinajstić information content (AvgIpc) is 2.38. The molecular formula is C15H16O3. The minimum atomic E-state index is -0.405. The quantitative estimate of drug-likeness (QED) is 0.593. The zero-order chi connectivity index (χ0) is 13.1. The number of allylic oxidation sites excluding steroid dienone is 1. The number of ether oxygens (including phenoxy) is 1. The summed E-state index contributed by atoms with van der Waals surface area (Å²) >= 11 is 0. The van der Waals surface area contributed by atoms with Gasteiger partial charge in [-0.15, -0.1) is 0 Å². The fourth-order valence-electron chi connectivity index (χ4n) is 2.26. The summed E-state index contributed by atoms with van der Waals surface area (Å²) in [6, 6.07) is 7.73. The summed E-state index contributed by atoms with van der Waals surface area (Å²) in [5.41, 5.74) is 2.93. The lowest BCUT2D eigenvalue weighted by atomic mass is 9.84. The van der Waals surface area contributed by atoms with Crippen LogP contribution in [0.4, 0.5) is 0 Å². The first-order valence-corrected chi connectivity index (χ1v) is 6.14. The van der Waals surface area contributed by atoms with Crippen molar-refractivity contribution in [3.63, 3.8) is 0 Å². The molecule has 1 aliphatic carbocycles. The minimum absolute atomic E-state index is 0.0271. The Morgan fingerprint density at radius 3 is 2.72 bits per heavy atom. The molecule has 0 spiro atoms. The molecule has 0 amide bonds. The van der Waals surface area contributed by atoms with Crippen LogP contribution in [-0.4, -0.2) is 18.4 Å². The Bertz CT molecular complexity index is 526. The maximum Gasteiger partial charge on any atom is 0.334 e. The molecule has 0 unspecified atom stereocenters. The first-order valence-electron chi connectivity index (χ1n) is 6.14. The first kappa shape index (κ1) is 12.6. The van der Waals surface area contributed by atoms with E-state index in [9.17, 15) is 9.59 Å². The lowest BCUT2D eigenvalue weighted by Gasteiger charge is -2.19. The van der Waals surface area contributed by atoms with Crippen LogP contribution in [0.5, 0.6) is 0 Å². The van der Waals surface area contributed by atoms with E-state index in [-0.39, 0.29) is 5.78 Å². The van der Waals surface area contributed by atoms with Crippen molar-refractivity contribution in [1.29, 1.82) is 0 Å². The van der Waals surface area contributed by atoms with E-state index in [2.05, 4.69) is 0 Å². The third-order valence-electron chi connectivity index (χ3n) is 3.14. The van der Waals surface area contributed by atoms with E-state index in [1.54, 1.807) is 13.8 Å². The molecule has 18 heavy (non-hydrogen) atoms. The van der Waals surface area contributed by atoms with Crippen molar-refractivity contribution in [1.82, 2.24) is 0 Å². The van der Waals surface area contributed by atoms with Crippen LogP contribution in [0.3, 0.4) is 0 Å². The number of benzene rings is 1. The average molecular weight is 244 g/mol. The number of fused-ring (bicyclic) bond motifs is 1. The van der Waals surface area contributed by atoms with Gasteiger partial charge in [0.1, 0.15) is 0 Å². The second-order valence-corrected chi connectivity index (χ2v) is 4.30. The Labute approximate surface area is 106 Å². The van der Waals surface area contributed by atoms with Gasteiger partial charge in [0.15, 0.2) is 5.78 Å². The van der Waals surface area contributed by atoms with Gasteiger partial charge in [0.05, 0.1) is 6.61 Å². The normalized spacial score (nSPS) is 17.1. The van der Waals surface area contributed by atoms with Gasteiger partial charge in [-0.05, 0) is 31.4 Å². The van der Waals surface area contributed by atoms with Gasteiger partial charge in [-0.25, -0.2) is 4.79 Å². The molecule has 0 atom stereocenters. The Balaban J connectivity index is 2.52. The van der Waals surface area contributed by atoms with Gasteiger partial charge in [0, 0.05) is 17.6 Å². The Kier molecular flexibility index (Phi) is 3.60. The lowest BCUT2D eigenvalue weighted by molar-refractivity contribution is -0.138. The van der Waals surface area contributed by atoms with E-state index < -0.39 is 5.97 Å². The van der Waals surface area contributed by atoms with Crippen LogP contribution >= 0.6 is 0 Å². The Morgan fingerprint density at radius 2 is 2.00 bits per heavy atom. The number of ketones is 1. The summed E-state index contributed by atoms with van der Waals surface area (Å²) < 4.78 is 4.97. The van der Waals surface area contributed by atoms with Crippen molar-refractivity contribution in [2.24, 2.45) is 0 Å². The van der Waals surface area contributed by atoms with Crippen molar-refractivity contribution in [2.75, 3.05) is 6.61 Å². The van der Waals surface area contributed by atoms with E-state index in [4.69, 9.17) is 4.74 Å². The first-order chi connectivity index (χ1) is 8.65. The molecule has 0 N–H and O–H groups in total. The molecule has 0 saturated heterocycles. The number of hydrogen-bond acceptors (Lipinski definition) is 3. The van der Waals surface area contributed by atoms with Gasteiger partial charge in [0.25, 0.3) is 0 Å². The van der Waals surface area contributed by atoms with Gasteiger partial charge in [-0.1, -0.05) is 24.3 Å². The van der Waals surface area contributed by atoms with E-state index in [0.29, 0.717) is 24.2 Å². The predicted octanol–water partition coefficient (Wildman–Crippen LogP) is 2.54.